The van der Waals surface area contributed by atoms with Crippen molar-refractivity contribution in [2.45, 2.75) is 26.2 Å². The Labute approximate surface area is 129 Å². The highest BCUT2D eigenvalue weighted by molar-refractivity contribution is 5.95. The maximum Gasteiger partial charge on any atom is 0.273 e. The van der Waals surface area contributed by atoms with Crippen molar-refractivity contribution in [1.82, 2.24) is 10.2 Å². The lowest BCUT2D eigenvalue weighted by atomic mass is 9.78. The fourth-order valence-corrected chi connectivity index (χ4v) is 3.53. The van der Waals surface area contributed by atoms with Crippen molar-refractivity contribution in [3.05, 3.63) is 39.4 Å². The fourth-order valence-electron chi connectivity index (χ4n) is 3.53. The second-order valence-corrected chi connectivity index (χ2v) is 6.48. The van der Waals surface area contributed by atoms with Gasteiger partial charge in [-0.05, 0) is 44.2 Å². The Morgan fingerprint density at radius 1 is 1.32 bits per heavy atom. The minimum atomic E-state index is -0.429. The van der Waals surface area contributed by atoms with E-state index in [2.05, 4.69) is 5.32 Å². The molecule has 118 valence electrons. The molecule has 0 radical (unpaired) electrons. The zero-order valence-corrected chi connectivity index (χ0v) is 12.8. The molecule has 2 fully saturated rings. The number of benzene rings is 1. The van der Waals surface area contributed by atoms with E-state index < -0.39 is 4.92 Å². The van der Waals surface area contributed by atoms with Crippen LogP contribution in [0.25, 0.3) is 0 Å². The first-order valence-corrected chi connectivity index (χ1v) is 7.76. The van der Waals surface area contributed by atoms with Crippen molar-refractivity contribution in [2.75, 3.05) is 26.2 Å². The summed E-state index contributed by atoms with van der Waals surface area (Å²) in [6.45, 7) is 5.28. The summed E-state index contributed by atoms with van der Waals surface area (Å²) in [5, 5.41) is 14.4. The number of hydrogen-bond donors (Lipinski definition) is 1. The average Bonchev–Trinajstić information content (AvgIpc) is 2.96. The van der Waals surface area contributed by atoms with Gasteiger partial charge in [0, 0.05) is 36.8 Å². The van der Waals surface area contributed by atoms with Crippen molar-refractivity contribution in [3.8, 4) is 0 Å². The van der Waals surface area contributed by atoms with Gasteiger partial charge in [-0.2, -0.15) is 0 Å². The zero-order valence-electron chi connectivity index (χ0n) is 12.8. The second kappa shape index (κ2) is 5.68. The van der Waals surface area contributed by atoms with Gasteiger partial charge in [0.05, 0.1) is 4.92 Å². The number of aryl methyl sites for hydroxylation is 1. The van der Waals surface area contributed by atoms with Gasteiger partial charge in [0.15, 0.2) is 0 Å². The summed E-state index contributed by atoms with van der Waals surface area (Å²) in [5.74, 6) is -0.0936. The first-order valence-electron chi connectivity index (χ1n) is 7.76. The Kier molecular flexibility index (Phi) is 3.87. The van der Waals surface area contributed by atoms with E-state index in [-0.39, 0.29) is 11.6 Å². The molecule has 2 saturated heterocycles. The molecule has 1 amide bonds. The molecule has 2 heterocycles. The summed E-state index contributed by atoms with van der Waals surface area (Å²) in [6.07, 6.45) is 3.21. The summed E-state index contributed by atoms with van der Waals surface area (Å²) in [5.41, 5.74) is 1.36. The quantitative estimate of drug-likeness (QED) is 0.671. The Hall–Kier alpha value is -1.95. The molecule has 22 heavy (non-hydrogen) atoms. The smallest absolute Gasteiger partial charge is 0.273 e. The molecule has 0 unspecified atom stereocenters. The number of nitrogens with zero attached hydrogens (tertiary/aromatic N) is 2. The lowest BCUT2D eigenvalue weighted by molar-refractivity contribution is -0.385. The van der Waals surface area contributed by atoms with Gasteiger partial charge < -0.3 is 10.2 Å². The fraction of sp³-hybridized carbons (Fsp3) is 0.562. The lowest BCUT2D eigenvalue weighted by Gasteiger charge is -2.38. The Morgan fingerprint density at radius 3 is 2.64 bits per heavy atom. The van der Waals surface area contributed by atoms with Crippen LogP contribution in [0.15, 0.2) is 18.2 Å². The number of nitrogens with one attached hydrogen (secondary N) is 1. The predicted octanol–water partition coefficient (Wildman–Crippen LogP) is 2.12. The number of hydrogen-bond acceptors (Lipinski definition) is 4. The van der Waals surface area contributed by atoms with Gasteiger partial charge in [0.2, 0.25) is 0 Å². The van der Waals surface area contributed by atoms with Crippen LogP contribution in [0.5, 0.6) is 0 Å². The third kappa shape index (κ3) is 2.70. The second-order valence-electron chi connectivity index (χ2n) is 6.48. The molecule has 6 nitrogen and oxygen atoms in total. The summed E-state index contributed by atoms with van der Waals surface area (Å²) in [4.78, 5) is 25.0. The van der Waals surface area contributed by atoms with Crippen LogP contribution >= 0.6 is 0 Å². The van der Waals surface area contributed by atoms with Crippen molar-refractivity contribution in [3.63, 3.8) is 0 Å². The van der Waals surface area contributed by atoms with E-state index >= 15 is 0 Å². The standard InChI is InChI=1S/C16H21N3O3/c1-12-2-3-13(10-14(12)19(21)22)15(20)18-8-5-16(6-9-18)4-7-17-11-16/h2-3,10,17H,4-9,11H2,1H3. The minimum Gasteiger partial charge on any atom is -0.339 e. The molecule has 0 aromatic heterocycles. The molecule has 3 rings (SSSR count). The number of amides is 1. The molecule has 1 N–H and O–H groups in total. The topological polar surface area (TPSA) is 75.5 Å². The van der Waals surface area contributed by atoms with Crippen LogP contribution in [0.4, 0.5) is 5.69 Å². The number of nitro groups is 1. The van der Waals surface area contributed by atoms with Crippen molar-refractivity contribution < 1.29 is 9.72 Å². The minimum absolute atomic E-state index is 0.0133. The van der Waals surface area contributed by atoms with Crippen LogP contribution in [0.2, 0.25) is 0 Å². The van der Waals surface area contributed by atoms with Crippen molar-refractivity contribution in [2.24, 2.45) is 5.41 Å². The Balaban J connectivity index is 1.72. The van der Waals surface area contributed by atoms with E-state index in [1.807, 2.05) is 4.90 Å². The largest absolute Gasteiger partial charge is 0.339 e. The molecule has 1 aromatic rings. The van der Waals surface area contributed by atoms with Gasteiger partial charge in [0.25, 0.3) is 11.6 Å². The van der Waals surface area contributed by atoms with E-state index in [9.17, 15) is 14.9 Å². The highest BCUT2D eigenvalue weighted by atomic mass is 16.6. The number of likely N-dealkylation sites (tertiary alicyclic amines) is 1. The molecular formula is C16H21N3O3. The number of rotatable bonds is 2. The van der Waals surface area contributed by atoms with Crippen LogP contribution in [-0.4, -0.2) is 41.9 Å². The normalized spacial score (nSPS) is 20.3. The van der Waals surface area contributed by atoms with E-state index in [1.54, 1.807) is 19.1 Å². The average molecular weight is 303 g/mol. The molecular weight excluding hydrogens is 282 g/mol. The maximum atomic E-state index is 12.6. The monoisotopic (exact) mass is 303 g/mol. The van der Waals surface area contributed by atoms with E-state index in [0.29, 0.717) is 16.5 Å². The lowest BCUT2D eigenvalue weighted by Crippen LogP contribution is -2.44. The SMILES string of the molecule is Cc1ccc(C(=O)N2CCC3(CCNC3)CC2)cc1[N+](=O)[O-]. The van der Waals surface area contributed by atoms with Crippen LogP contribution in [-0.2, 0) is 0 Å². The number of carbonyl (C=O) groups is 1. The van der Waals surface area contributed by atoms with Gasteiger partial charge in [-0.15, -0.1) is 0 Å². The molecule has 1 spiro atoms. The van der Waals surface area contributed by atoms with Crippen LogP contribution in [0, 0.1) is 22.5 Å². The summed E-state index contributed by atoms with van der Waals surface area (Å²) >= 11 is 0. The molecule has 2 aliphatic heterocycles. The molecule has 6 heteroatoms. The highest BCUT2D eigenvalue weighted by Crippen LogP contribution is 2.37. The van der Waals surface area contributed by atoms with Gasteiger partial charge in [0.1, 0.15) is 0 Å². The van der Waals surface area contributed by atoms with Crippen molar-refractivity contribution in [1.29, 1.82) is 0 Å². The third-order valence-corrected chi connectivity index (χ3v) is 5.10. The van der Waals surface area contributed by atoms with Gasteiger partial charge in [-0.1, -0.05) is 6.07 Å². The maximum absolute atomic E-state index is 12.6. The molecule has 0 saturated carbocycles. The van der Waals surface area contributed by atoms with Crippen LogP contribution in [0.3, 0.4) is 0 Å². The molecule has 0 atom stereocenters. The number of carbonyl (C=O) groups excluding carboxylic acids is 1. The molecule has 2 aliphatic rings. The molecule has 0 aliphatic carbocycles. The molecule has 0 bridgehead atoms. The summed E-state index contributed by atoms with van der Waals surface area (Å²) in [7, 11) is 0. The van der Waals surface area contributed by atoms with E-state index in [0.717, 1.165) is 39.0 Å². The van der Waals surface area contributed by atoms with Gasteiger partial charge in [-0.25, -0.2) is 0 Å². The zero-order chi connectivity index (χ0) is 15.7. The summed E-state index contributed by atoms with van der Waals surface area (Å²) in [6, 6.07) is 4.74. The Morgan fingerprint density at radius 2 is 2.05 bits per heavy atom. The third-order valence-electron chi connectivity index (χ3n) is 5.10. The number of piperidine rings is 1. The molecule has 1 aromatic carbocycles. The van der Waals surface area contributed by atoms with Crippen molar-refractivity contribution >= 4 is 11.6 Å². The van der Waals surface area contributed by atoms with Gasteiger partial charge >= 0.3 is 0 Å². The van der Waals surface area contributed by atoms with E-state index in [4.69, 9.17) is 0 Å². The summed E-state index contributed by atoms with van der Waals surface area (Å²) < 4.78 is 0. The predicted molar refractivity (Wildman–Crippen MR) is 82.9 cm³/mol. The Bertz CT molecular complexity index is 599. The van der Waals surface area contributed by atoms with E-state index in [1.165, 1.54) is 12.5 Å². The van der Waals surface area contributed by atoms with Crippen LogP contribution in [0.1, 0.15) is 35.2 Å². The van der Waals surface area contributed by atoms with Crippen LogP contribution < -0.4 is 5.32 Å². The highest BCUT2D eigenvalue weighted by Gasteiger charge is 2.38. The first kappa shape index (κ1) is 15.0. The first-order chi connectivity index (χ1) is 10.5. The number of nitro benzene ring substituents is 1. The van der Waals surface area contributed by atoms with Gasteiger partial charge in [-0.3, -0.25) is 14.9 Å².